The molecular weight excluding hydrogens is 721 g/mol. The number of aromatic nitrogens is 3. The molecule has 0 spiro atoms. The number of rotatable bonds is 6. The molecule has 0 radical (unpaired) electrons. The van der Waals surface area contributed by atoms with Crippen LogP contribution in [-0.4, -0.2) is 112 Å². The van der Waals surface area contributed by atoms with Gasteiger partial charge in [-0.05, 0) is 81.5 Å². The Morgan fingerprint density at radius 1 is 1.04 bits per heavy atom. The van der Waals surface area contributed by atoms with Gasteiger partial charge < -0.3 is 34.4 Å². The number of hydrogen-bond acceptors (Lipinski definition) is 11. The molecule has 2 N–H and O–H groups in total. The number of ether oxygens (including phenoxy) is 3. The maximum Gasteiger partial charge on any atom is 0.409 e. The van der Waals surface area contributed by atoms with Crippen LogP contribution in [0.25, 0.3) is 32.9 Å². The van der Waals surface area contributed by atoms with E-state index in [0.717, 1.165) is 83.8 Å². The minimum Gasteiger partial charge on any atom is -0.508 e. The van der Waals surface area contributed by atoms with Gasteiger partial charge in [-0.25, -0.2) is 18.6 Å². The Kier molecular flexibility index (Phi) is 8.78. The number of pyridine rings is 1. The number of terminal acetylenes is 1. The first-order valence-electron chi connectivity index (χ1n) is 20.1. The number of phenols is 1. The Labute approximate surface area is 323 Å². The number of fused-ring (bicyclic) bond motifs is 7. The van der Waals surface area contributed by atoms with Gasteiger partial charge in [0.05, 0.1) is 17.1 Å². The van der Waals surface area contributed by atoms with E-state index in [1.807, 2.05) is 4.90 Å². The van der Waals surface area contributed by atoms with Crippen molar-refractivity contribution in [3.05, 3.63) is 41.5 Å². The number of likely N-dealkylation sites (tertiary alicyclic amines) is 1. The summed E-state index contributed by atoms with van der Waals surface area (Å²) in [5, 5.41) is 15.5. The summed E-state index contributed by atoms with van der Waals surface area (Å²) >= 11 is 0. The summed E-state index contributed by atoms with van der Waals surface area (Å²) in [6, 6.07) is 5.92. The molecule has 0 saturated carbocycles. The molecule has 8 heterocycles. The van der Waals surface area contributed by atoms with E-state index in [2.05, 4.69) is 21.0 Å². The third-order valence-corrected chi connectivity index (χ3v) is 13.2. The average Bonchev–Trinajstić information content (AvgIpc) is 3.77. The fourth-order valence-electron chi connectivity index (χ4n) is 10.4. The zero-order valence-corrected chi connectivity index (χ0v) is 31.2. The quantitative estimate of drug-likeness (QED) is 0.228. The zero-order valence-electron chi connectivity index (χ0n) is 31.2. The number of anilines is 1. The standard InChI is InChI=1S/C42H45F2N7O5/c1-2-28-30(43)10-8-24-18-27(52)19-29(33(24)28)36-35(44)37-34-38(50-20-25-9-11-31(45-25)32(50)22-54-39(34)46-36)48-40(47-37)56-23-42-13-7-17-51(42)26(12-14-42)21-55-41(53)49-15-5-3-4-6-16-49/h1,8,10,18-19,25-26,31-32,45,52H,3-7,9,11-17,20-23H2/t25-,26+,31+,32-,42+/m1/s1. The third kappa shape index (κ3) is 5.84. The number of carbonyl (C=O) groups is 1. The topological polar surface area (TPSA) is 125 Å². The number of carbonyl (C=O) groups excluding carboxylic acids is 1. The van der Waals surface area contributed by atoms with Gasteiger partial charge in [0.25, 0.3) is 0 Å². The lowest BCUT2D eigenvalue weighted by atomic mass is 9.95. The first-order valence-corrected chi connectivity index (χ1v) is 20.1. The first kappa shape index (κ1) is 35.4. The monoisotopic (exact) mass is 765 g/mol. The second-order valence-electron chi connectivity index (χ2n) is 16.3. The Morgan fingerprint density at radius 2 is 1.89 bits per heavy atom. The summed E-state index contributed by atoms with van der Waals surface area (Å²) in [7, 11) is 0. The van der Waals surface area contributed by atoms with E-state index in [0.29, 0.717) is 29.7 Å². The molecule has 2 aromatic carbocycles. The highest BCUT2D eigenvalue weighted by Crippen LogP contribution is 2.46. The molecule has 0 unspecified atom stereocenters. The predicted octanol–water partition coefficient (Wildman–Crippen LogP) is 5.90. The highest BCUT2D eigenvalue weighted by Gasteiger charge is 2.50. The van der Waals surface area contributed by atoms with Gasteiger partial charge in [-0.2, -0.15) is 9.97 Å². The number of aromatic hydroxyl groups is 1. The number of benzene rings is 2. The largest absolute Gasteiger partial charge is 0.508 e. The van der Waals surface area contributed by atoms with Crippen molar-refractivity contribution in [2.24, 2.45) is 0 Å². The van der Waals surface area contributed by atoms with E-state index in [1.165, 1.54) is 24.3 Å². The van der Waals surface area contributed by atoms with Gasteiger partial charge in [0.2, 0.25) is 5.88 Å². The van der Waals surface area contributed by atoms with E-state index >= 15 is 8.78 Å². The maximum absolute atomic E-state index is 17.3. The minimum atomic E-state index is -0.788. The molecule has 5 saturated heterocycles. The lowest BCUT2D eigenvalue weighted by molar-refractivity contribution is 0.0444. The van der Waals surface area contributed by atoms with Gasteiger partial charge in [0.1, 0.15) is 53.8 Å². The highest BCUT2D eigenvalue weighted by molar-refractivity contribution is 6.04. The van der Waals surface area contributed by atoms with Crippen LogP contribution in [0, 0.1) is 24.0 Å². The van der Waals surface area contributed by atoms with E-state index in [4.69, 9.17) is 35.6 Å². The van der Waals surface area contributed by atoms with Gasteiger partial charge in [0.15, 0.2) is 5.82 Å². The normalized spacial score (nSPS) is 27.0. The van der Waals surface area contributed by atoms with Crippen LogP contribution in [0.4, 0.5) is 19.4 Å². The molecule has 12 nitrogen and oxygen atoms in total. The Morgan fingerprint density at radius 3 is 2.73 bits per heavy atom. The van der Waals surface area contributed by atoms with Gasteiger partial charge in [-0.1, -0.05) is 24.8 Å². The Bertz CT molecular complexity index is 2280. The molecule has 4 aromatic rings. The van der Waals surface area contributed by atoms with Crippen LogP contribution in [0.2, 0.25) is 0 Å². The summed E-state index contributed by atoms with van der Waals surface area (Å²) < 4.78 is 51.3. The van der Waals surface area contributed by atoms with Crippen LogP contribution >= 0.6 is 0 Å². The molecule has 6 aliphatic rings. The van der Waals surface area contributed by atoms with Gasteiger partial charge in [-0.15, -0.1) is 6.42 Å². The molecule has 56 heavy (non-hydrogen) atoms. The molecule has 6 aliphatic heterocycles. The van der Waals surface area contributed by atoms with E-state index in [1.54, 1.807) is 0 Å². The highest BCUT2D eigenvalue weighted by atomic mass is 19.1. The number of piperazine rings is 1. The zero-order chi connectivity index (χ0) is 38.1. The summed E-state index contributed by atoms with van der Waals surface area (Å²) in [5.74, 6) is 1.46. The summed E-state index contributed by atoms with van der Waals surface area (Å²) in [4.78, 5) is 33.9. The van der Waals surface area contributed by atoms with Crippen molar-refractivity contribution in [2.75, 3.05) is 50.9 Å². The number of nitrogens with zero attached hydrogens (tertiary/aromatic N) is 6. The smallest absolute Gasteiger partial charge is 0.409 e. The van der Waals surface area contributed by atoms with E-state index in [-0.39, 0.29) is 94.4 Å². The summed E-state index contributed by atoms with van der Waals surface area (Å²) in [6.45, 7) is 3.90. The van der Waals surface area contributed by atoms with Crippen LogP contribution in [0.5, 0.6) is 17.6 Å². The number of phenolic OH excluding ortho intramolecular Hbond substituents is 1. The van der Waals surface area contributed by atoms with E-state index in [9.17, 15) is 9.90 Å². The third-order valence-electron chi connectivity index (χ3n) is 13.2. The molecule has 5 fully saturated rings. The first-order chi connectivity index (χ1) is 27.3. The van der Waals surface area contributed by atoms with Crippen LogP contribution in [-0.2, 0) is 4.74 Å². The molecule has 14 heteroatoms. The number of hydrogen-bond donors (Lipinski definition) is 2. The molecule has 1 amide bonds. The Hall–Kier alpha value is -5.00. The van der Waals surface area contributed by atoms with Crippen LogP contribution in [0.15, 0.2) is 24.3 Å². The van der Waals surface area contributed by atoms with Crippen molar-refractivity contribution in [1.29, 1.82) is 0 Å². The molecule has 5 atom stereocenters. The Balaban J connectivity index is 1.01. The molecule has 0 aliphatic carbocycles. The fourth-order valence-corrected chi connectivity index (χ4v) is 10.4. The lowest BCUT2D eigenvalue weighted by Gasteiger charge is -2.40. The average molecular weight is 766 g/mol. The molecule has 2 bridgehead atoms. The van der Waals surface area contributed by atoms with Crippen LogP contribution in [0.1, 0.15) is 69.8 Å². The number of amides is 1. The summed E-state index contributed by atoms with van der Waals surface area (Å²) in [5.41, 5.74) is -0.471. The minimum absolute atomic E-state index is 0.0365. The number of nitrogens with one attached hydrogen (secondary N) is 1. The number of halogens is 2. The van der Waals surface area contributed by atoms with Gasteiger partial charge >= 0.3 is 12.1 Å². The second-order valence-corrected chi connectivity index (χ2v) is 16.3. The second kappa shape index (κ2) is 13.9. The molecule has 10 rings (SSSR count). The molecule has 292 valence electrons. The van der Waals surface area contributed by atoms with E-state index < -0.39 is 11.6 Å². The van der Waals surface area contributed by atoms with Crippen molar-refractivity contribution in [1.82, 2.24) is 30.1 Å². The van der Waals surface area contributed by atoms with Gasteiger partial charge in [0, 0.05) is 48.7 Å². The van der Waals surface area contributed by atoms with Crippen LogP contribution < -0.4 is 19.7 Å². The van der Waals surface area contributed by atoms with Crippen molar-refractivity contribution in [2.45, 2.75) is 93.9 Å². The fraction of sp³-hybridized carbons (Fsp3) is 0.524. The van der Waals surface area contributed by atoms with Crippen molar-refractivity contribution < 1.29 is 32.9 Å². The van der Waals surface area contributed by atoms with Crippen molar-refractivity contribution >= 4 is 33.6 Å². The maximum atomic E-state index is 17.3. The predicted molar refractivity (Wildman–Crippen MR) is 205 cm³/mol. The lowest BCUT2D eigenvalue weighted by Crippen LogP contribution is -2.60. The molecule has 2 aromatic heterocycles. The van der Waals surface area contributed by atoms with Crippen LogP contribution in [0.3, 0.4) is 0 Å². The molecular formula is C42H45F2N7O5. The van der Waals surface area contributed by atoms with Crippen molar-refractivity contribution in [3.63, 3.8) is 0 Å². The SMILES string of the molecule is C#Cc1c(F)ccc2cc(O)cc(-c3nc4c5c(nc(OC[C@@]67CCCN6[C@H](COC(=O)N6CCCCCC6)CC7)nc5c3F)N3C[C@H]5CC[C@H](N5)[C@H]3CO4)c12. The summed E-state index contributed by atoms with van der Waals surface area (Å²) in [6.07, 6.45) is 15.5. The van der Waals surface area contributed by atoms with Crippen molar-refractivity contribution in [3.8, 4) is 41.2 Å². The van der Waals surface area contributed by atoms with Gasteiger partial charge in [-0.3, -0.25) is 4.90 Å².